The summed E-state index contributed by atoms with van der Waals surface area (Å²) in [7, 11) is 0. The van der Waals surface area contributed by atoms with Gasteiger partial charge in [-0.15, -0.1) is 11.6 Å². The lowest BCUT2D eigenvalue weighted by Gasteiger charge is -2.03. The van der Waals surface area contributed by atoms with Gasteiger partial charge in [0.1, 0.15) is 12.4 Å². The van der Waals surface area contributed by atoms with Crippen LogP contribution in [0.2, 0.25) is 0 Å². The Labute approximate surface area is 94.7 Å². The van der Waals surface area contributed by atoms with Crippen molar-refractivity contribution in [3.8, 4) is 11.8 Å². The van der Waals surface area contributed by atoms with Gasteiger partial charge in [0.25, 0.3) is 0 Å². The highest BCUT2D eigenvalue weighted by molar-refractivity contribution is 6.19. The highest BCUT2D eigenvalue weighted by Gasteiger charge is 1.92. The van der Waals surface area contributed by atoms with E-state index in [9.17, 15) is 0 Å². The van der Waals surface area contributed by atoms with E-state index < -0.39 is 0 Å². The SMILES string of the molecule is N#CCCOc1ccc(C=CCCl)cc1. The molecule has 2 nitrogen and oxygen atoms in total. The Balaban J connectivity index is 2.49. The molecule has 0 saturated carbocycles. The molecule has 0 aliphatic rings. The zero-order chi connectivity index (χ0) is 10.9. The molecule has 0 aliphatic heterocycles. The molecular formula is C12H12ClNO. The third-order valence-electron chi connectivity index (χ3n) is 1.76. The number of hydrogen-bond acceptors (Lipinski definition) is 2. The average molecular weight is 222 g/mol. The zero-order valence-electron chi connectivity index (χ0n) is 8.32. The third-order valence-corrected chi connectivity index (χ3v) is 1.94. The second-order valence-electron chi connectivity index (χ2n) is 2.88. The van der Waals surface area contributed by atoms with Crippen molar-refractivity contribution in [1.82, 2.24) is 0 Å². The smallest absolute Gasteiger partial charge is 0.119 e. The summed E-state index contributed by atoms with van der Waals surface area (Å²) in [5.74, 6) is 1.30. The summed E-state index contributed by atoms with van der Waals surface area (Å²) in [5.41, 5.74) is 1.09. The fraction of sp³-hybridized carbons (Fsp3) is 0.250. The van der Waals surface area contributed by atoms with Gasteiger partial charge in [0, 0.05) is 5.88 Å². The first-order valence-electron chi connectivity index (χ1n) is 4.69. The predicted octanol–water partition coefficient (Wildman–Crippen LogP) is 3.23. The summed E-state index contributed by atoms with van der Waals surface area (Å²) in [6.45, 7) is 0.438. The average Bonchev–Trinajstić information content (AvgIpc) is 2.28. The molecule has 0 N–H and O–H groups in total. The van der Waals surface area contributed by atoms with Crippen LogP contribution in [-0.2, 0) is 0 Å². The van der Waals surface area contributed by atoms with Gasteiger partial charge in [-0.3, -0.25) is 0 Å². The summed E-state index contributed by atoms with van der Waals surface area (Å²) in [4.78, 5) is 0. The molecular weight excluding hydrogens is 210 g/mol. The van der Waals surface area contributed by atoms with Gasteiger partial charge in [0.2, 0.25) is 0 Å². The van der Waals surface area contributed by atoms with E-state index in [-0.39, 0.29) is 0 Å². The van der Waals surface area contributed by atoms with Crippen LogP contribution in [0, 0.1) is 11.3 Å². The van der Waals surface area contributed by atoms with E-state index in [2.05, 4.69) is 0 Å². The van der Waals surface area contributed by atoms with Crippen LogP contribution in [-0.4, -0.2) is 12.5 Å². The molecule has 15 heavy (non-hydrogen) atoms. The Hall–Kier alpha value is -1.46. The molecule has 1 aromatic carbocycles. The maximum absolute atomic E-state index is 8.33. The molecule has 0 unspecified atom stereocenters. The van der Waals surface area contributed by atoms with Crippen molar-refractivity contribution in [2.75, 3.05) is 12.5 Å². The lowest BCUT2D eigenvalue weighted by molar-refractivity contribution is 0.326. The summed E-state index contributed by atoms with van der Waals surface area (Å²) < 4.78 is 5.33. The number of nitriles is 1. The summed E-state index contributed by atoms with van der Waals surface area (Å²) >= 11 is 5.53. The molecule has 0 heterocycles. The number of hydrogen-bond donors (Lipinski definition) is 0. The van der Waals surface area contributed by atoms with Crippen LogP contribution in [0.1, 0.15) is 12.0 Å². The standard InChI is InChI=1S/C12H12ClNO/c13-8-1-3-11-4-6-12(7-5-11)15-10-2-9-14/h1,3-7H,2,8,10H2. The van der Waals surface area contributed by atoms with Gasteiger partial charge in [0.15, 0.2) is 0 Å². The first-order chi connectivity index (χ1) is 7.36. The number of ether oxygens (including phenoxy) is 1. The molecule has 0 fully saturated rings. The summed E-state index contributed by atoms with van der Waals surface area (Å²) in [6, 6.07) is 9.69. The van der Waals surface area contributed by atoms with E-state index in [1.165, 1.54) is 0 Å². The Kier molecular flexibility index (Phi) is 5.35. The van der Waals surface area contributed by atoms with Gasteiger partial charge in [-0.05, 0) is 17.7 Å². The van der Waals surface area contributed by atoms with Gasteiger partial charge in [0.05, 0.1) is 12.5 Å². The maximum Gasteiger partial charge on any atom is 0.119 e. The Morgan fingerprint density at radius 2 is 2.07 bits per heavy atom. The number of halogens is 1. The molecule has 1 aromatic rings. The number of rotatable bonds is 5. The Morgan fingerprint density at radius 1 is 1.33 bits per heavy atom. The van der Waals surface area contributed by atoms with Crippen LogP contribution in [0.4, 0.5) is 0 Å². The van der Waals surface area contributed by atoms with Crippen molar-refractivity contribution in [2.45, 2.75) is 6.42 Å². The van der Waals surface area contributed by atoms with Gasteiger partial charge in [-0.1, -0.05) is 24.3 Å². The van der Waals surface area contributed by atoms with Crippen molar-refractivity contribution in [2.24, 2.45) is 0 Å². The van der Waals surface area contributed by atoms with E-state index in [1.807, 2.05) is 42.5 Å². The number of nitrogens with zero attached hydrogens (tertiary/aromatic N) is 1. The molecule has 0 radical (unpaired) electrons. The van der Waals surface area contributed by atoms with Gasteiger partial charge in [-0.2, -0.15) is 5.26 Å². The van der Waals surface area contributed by atoms with Crippen molar-refractivity contribution < 1.29 is 4.74 Å². The van der Waals surface area contributed by atoms with E-state index in [0.29, 0.717) is 18.9 Å². The second kappa shape index (κ2) is 6.92. The molecule has 3 heteroatoms. The summed E-state index contributed by atoms with van der Waals surface area (Å²) in [5, 5.41) is 8.33. The molecule has 0 aliphatic carbocycles. The Morgan fingerprint density at radius 3 is 2.67 bits per heavy atom. The van der Waals surface area contributed by atoms with E-state index in [1.54, 1.807) is 0 Å². The van der Waals surface area contributed by atoms with Crippen LogP contribution in [0.5, 0.6) is 5.75 Å². The predicted molar refractivity (Wildman–Crippen MR) is 61.9 cm³/mol. The largest absolute Gasteiger partial charge is 0.493 e. The van der Waals surface area contributed by atoms with Gasteiger partial charge in [-0.25, -0.2) is 0 Å². The van der Waals surface area contributed by atoms with Crippen LogP contribution in [0.25, 0.3) is 6.08 Å². The van der Waals surface area contributed by atoms with Crippen LogP contribution >= 0.6 is 11.6 Å². The van der Waals surface area contributed by atoms with Gasteiger partial charge < -0.3 is 4.74 Å². The first-order valence-corrected chi connectivity index (χ1v) is 5.22. The van der Waals surface area contributed by atoms with Crippen molar-refractivity contribution in [3.05, 3.63) is 35.9 Å². The normalized spacial score (nSPS) is 10.1. The minimum absolute atomic E-state index is 0.411. The van der Waals surface area contributed by atoms with Crippen molar-refractivity contribution >= 4 is 17.7 Å². The summed E-state index contributed by atoms with van der Waals surface area (Å²) in [6.07, 6.45) is 4.24. The molecule has 0 spiro atoms. The highest BCUT2D eigenvalue weighted by atomic mass is 35.5. The zero-order valence-corrected chi connectivity index (χ0v) is 9.07. The van der Waals surface area contributed by atoms with E-state index in [4.69, 9.17) is 21.6 Å². The highest BCUT2D eigenvalue weighted by Crippen LogP contribution is 2.13. The van der Waals surface area contributed by atoms with Crippen LogP contribution < -0.4 is 4.74 Å². The molecule has 78 valence electrons. The minimum atomic E-state index is 0.411. The lowest BCUT2D eigenvalue weighted by atomic mass is 10.2. The van der Waals surface area contributed by atoms with Crippen LogP contribution in [0.15, 0.2) is 30.3 Å². The molecule has 0 bridgehead atoms. The quantitative estimate of drug-likeness (QED) is 0.565. The molecule has 0 saturated heterocycles. The molecule has 0 amide bonds. The topological polar surface area (TPSA) is 33.0 Å². The number of allylic oxidation sites excluding steroid dienone is 1. The second-order valence-corrected chi connectivity index (χ2v) is 3.19. The lowest BCUT2D eigenvalue weighted by Crippen LogP contribution is -1.95. The Bertz CT molecular complexity index is 351. The van der Waals surface area contributed by atoms with Crippen LogP contribution in [0.3, 0.4) is 0 Å². The van der Waals surface area contributed by atoms with Gasteiger partial charge >= 0.3 is 0 Å². The van der Waals surface area contributed by atoms with Crippen molar-refractivity contribution in [3.63, 3.8) is 0 Å². The first kappa shape index (κ1) is 11.6. The third kappa shape index (κ3) is 4.53. The monoisotopic (exact) mass is 221 g/mol. The molecule has 1 rings (SSSR count). The number of alkyl halides is 1. The fourth-order valence-corrected chi connectivity index (χ4v) is 1.16. The fourth-order valence-electron chi connectivity index (χ4n) is 1.07. The van der Waals surface area contributed by atoms with Crippen molar-refractivity contribution in [1.29, 1.82) is 5.26 Å². The minimum Gasteiger partial charge on any atom is -0.493 e. The number of benzene rings is 1. The van der Waals surface area contributed by atoms with E-state index in [0.717, 1.165) is 11.3 Å². The van der Waals surface area contributed by atoms with E-state index >= 15 is 0 Å². The maximum atomic E-state index is 8.33. The molecule has 0 atom stereocenters. The molecule has 0 aromatic heterocycles.